The highest BCUT2D eigenvalue weighted by Crippen LogP contribution is 2.45. The Kier molecular flexibility index (Phi) is 5.18. The number of amides is 1. The summed E-state index contributed by atoms with van der Waals surface area (Å²) in [6, 6.07) is 6.97. The number of aromatic hydroxyl groups is 1. The molecule has 0 saturated heterocycles. The van der Waals surface area contributed by atoms with Gasteiger partial charge in [0.2, 0.25) is 5.91 Å². The number of anilines is 4. The molecule has 152 valence electrons. The van der Waals surface area contributed by atoms with E-state index in [9.17, 15) is 9.90 Å². The third-order valence-corrected chi connectivity index (χ3v) is 5.45. The van der Waals surface area contributed by atoms with Crippen molar-refractivity contribution in [1.82, 2.24) is 4.98 Å². The second-order valence-electron chi connectivity index (χ2n) is 7.72. The van der Waals surface area contributed by atoms with Gasteiger partial charge in [0.15, 0.2) is 5.82 Å². The van der Waals surface area contributed by atoms with Crippen LogP contribution in [0.3, 0.4) is 0 Å². The molecular weight excluding hydrogens is 364 g/mol. The van der Waals surface area contributed by atoms with Crippen molar-refractivity contribution in [3.63, 3.8) is 0 Å². The van der Waals surface area contributed by atoms with Crippen LogP contribution in [0.5, 0.6) is 5.75 Å². The maximum absolute atomic E-state index is 13.1. The standard InChI is InChI=1S/C23H28N4O2/c1-4-11-26(12-5-2)20-13-15(3)24-22-21(20)25-23(29)19-8-6-7-16-14-17(28)9-10-18(16)27(19)22/h6-7,9-10,13-14,19,28H,4-5,8,11-12H2,1-3H3,(H,25,29). The van der Waals surface area contributed by atoms with E-state index in [0.717, 1.165) is 60.1 Å². The fraction of sp³-hybridized carbons (Fsp3) is 0.391. The summed E-state index contributed by atoms with van der Waals surface area (Å²) in [5.41, 5.74) is 4.50. The first-order valence-electron chi connectivity index (χ1n) is 10.4. The zero-order valence-electron chi connectivity index (χ0n) is 17.3. The molecule has 1 unspecified atom stereocenters. The predicted molar refractivity (Wildman–Crippen MR) is 118 cm³/mol. The minimum Gasteiger partial charge on any atom is -0.508 e. The first-order valence-corrected chi connectivity index (χ1v) is 10.4. The summed E-state index contributed by atoms with van der Waals surface area (Å²) >= 11 is 0. The summed E-state index contributed by atoms with van der Waals surface area (Å²) in [5, 5.41) is 13.1. The van der Waals surface area contributed by atoms with Crippen LogP contribution in [-0.2, 0) is 4.79 Å². The number of nitrogens with zero attached hydrogens (tertiary/aromatic N) is 3. The molecule has 3 heterocycles. The number of nitrogens with one attached hydrogen (secondary N) is 1. The summed E-state index contributed by atoms with van der Waals surface area (Å²) in [5.74, 6) is 0.962. The van der Waals surface area contributed by atoms with E-state index in [1.54, 1.807) is 12.1 Å². The van der Waals surface area contributed by atoms with Crippen molar-refractivity contribution < 1.29 is 9.90 Å². The van der Waals surface area contributed by atoms with Crippen LogP contribution in [0.1, 0.15) is 44.4 Å². The predicted octanol–water partition coefficient (Wildman–Crippen LogP) is 4.60. The van der Waals surface area contributed by atoms with Crippen molar-refractivity contribution in [2.24, 2.45) is 0 Å². The van der Waals surface area contributed by atoms with Gasteiger partial charge in [0.25, 0.3) is 0 Å². The van der Waals surface area contributed by atoms with Crippen molar-refractivity contribution in [2.75, 3.05) is 28.2 Å². The molecule has 2 N–H and O–H groups in total. The average molecular weight is 393 g/mol. The molecule has 1 aromatic heterocycles. The minimum atomic E-state index is -0.363. The number of carbonyl (C=O) groups is 1. The molecule has 4 rings (SSSR count). The number of carbonyl (C=O) groups excluding carboxylic acids is 1. The van der Waals surface area contributed by atoms with Crippen LogP contribution in [-0.4, -0.2) is 35.1 Å². The number of hydrogen-bond donors (Lipinski definition) is 2. The van der Waals surface area contributed by atoms with Crippen molar-refractivity contribution >= 4 is 34.9 Å². The van der Waals surface area contributed by atoms with Crippen molar-refractivity contribution in [3.8, 4) is 5.75 Å². The molecule has 2 aliphatic heterocycles. The lowest BCUT2D eigenvalue weighted by Crippen LogP contribution is -2.46. The van der Waals surface area contributed by atoms with Crippen molar-refractivity contribution in [2.45, 2.75) is 46.1 Å². The lowest BCUT2D eigenvalue weighted by molar-refractivity contribution is -0.117. The number of phenols is 1. The van der Waals surface area contributed by atoms with Crippen LogP contribution < -0.4 is 15.1 Å². The van der Waals surface area contributed by atoms with Gasteiger partial charge in [-0.1, -0.05) is 26.0 Å². The fourth-order valence-electron chi connectivity index (χ4n) is 4.26. The third-order valence-electron chi connectivity index (χ3n) is 5.45. The van der Waals surface area contributed by atoms with Gasteiger partial charge in [-0.2, -0.15) is 0 Å². The molecule has 2 aliphatic rings. The Labute approximate surface area is 171 Å². The van der Waals surface area contributed by atoms with E-state index in [1.807, 2.05) is 30.0 Å². The van der Waals surface area contributed by atoms with Crippen molar-refractivity contribution in [3.05, 3.63) is 41.6 Å². The van der Waals surface area contributed by atoms with Crippen LogP contribution in [0.15, 0.2) is 30.3 Å². The molecule has 1 amide bonds. The maximum atomic E-state index is 13.1. The zero-order valence-corrected chi connectivity index (χ0v) is 17.3. The highest BCUT2D eigenvalue weighted by atomic mass is 16.3. The molecule has 0 aliphatic carbocycles. The molecule has 0 fully saturated rings. The van der Waals surface area contributed by atoms with E-state index in [4.69, 9.17) is 4.98 Å². The summed E-state index contributed by atoms with van der Waals surface area (Å²) in [7, 11) is 0. The largest absolute Gasteiger partial charge is 0.508 e. The summed E-state index contributed by atoms with van der Waals surface area (Å²) in [6.07, 6.45) is 6.60. The SMILES string of the molecule is CCCN(CCC)c1cc(C)nc2c1NC(=O)C1CC=Cc3cc(O)ccc3N21. The van der Waals surface area contributed by atoms with Crippen LogP contribution >= 0.6 is 0 Å². The summed E-state index contributed by atoms with van der Waals surface area (Å²) < 4.78 is 0. The molecule has 2 aromatic rings. The Bertz CT molecular complexity index is 964. The van der Waals surface area contributed by atoms with Gasteiger partial charge < -0.3 is 20.2 Å². The van der Waals surface area contributed by atoms with E-state index < -0.39 is 0 Å². The number of aryl methyl sites for hydroxylation is 1. The van der Waals surface area contributed by atoms with Gasteiger partial charge >= 0.3 is 0 Å². The van der Waals surface area contributed by atoms with Crippen LogP contribution in [0.2, 0.25) is 0 Å². The molecule has 1 atom stereocenters. The number of phenolic OH excluding ortho intramolecular Hbond substituents is 1. The number of rotatable bonds is 5. The quantitative estimate of drug-likeness (QED) is 0.778. The van der Waals surface area contributed by atoms with Gasteiger partial charge in [-0.05, 0) is 50.5 Å². The van der Waals surface area contributed by atoms with Gasteiger partial charge in [0, 0.05) is 24.3 Å². The number of pyridine rings is 1. The minimum absolute atomic E-state index is 0.0251. The fourth-order valence-corrected chi connectivity index (χ4v) is 4.26. The average Bonchev–Trinajstić information content (AvgIpc) is 2.88. The van der Waals surface area contributed by atoms with Gasteiger partial charge in [-0.3, -0.25) is 4.79 Å². The lowest BCUT2D eigenvalue weighted by Gasteiger charge is -2.39. The van der Waals surface area contributed by atoms with Gasteiger partial charge in [-0.25, -0.2) is 4.98 Å². The van der Waals surface area contributed by atoms with Crippen LogP contribution in [0, 0.1) is 6.92 Å². The smallest absolute Gasteiger partial charge is 0.247 e. The molecule has 6 nitrogen and oxygen atoms in total. The van der Waals surface area contributed by atoms with Crippen molar-refractivity contribution in [1.29, 1.82) is 0 Å². The second-order valence-corrected chi connectivity index (χ2v) is 7.72. The molecule has 0 saturated carbocycles. The lowest BCUT2D eigenvalue weighted by atomic mass is 10.0. The molecular formula is C23H28N4O2. The van der Waals surface area contributed by atoms with E-state index in [2.05, 4.69) is 30.1 Å². The number of hydrogen-bond acceptors (Lipinski definition) is 5. The number of aromatic nitrogens is 1. The van der Waals surface area contributed by atoms with E-state index in [-0.39, 0.29) is 17.7 Å². The Morgan fingerprint density at radius 2 is 2.00 bits per heavy atom. The second kappa shape index (κ2) is 7.78. The highest BCUT2D eigenvalue weighted by Gasteiger charge is 2.38. The van der Waals surface area contributed by atoms with Gasteiger partial charge in [-0.15, -0.1) is 0 Å². The molecule has 0 bridgehead atoms. The first-order chi connectivity index (χ1) is 14.0. The Morgan fingerprint density at radius 1 is 1.24 bits per heavy atom. The summed E-state index contributed by atoms with van der Waals surface area (Å²) in [6.45, 7) is 8.19. The Morgan fingerprint density at radius 3 is 2.72 bits per heavy atom. The number of fused-ring (bicyclic) bond motifs is 5. The normalized spacial score (nSPS) is 17.1. The zero-order chi connectivity index (χ0) is 20.5. The van der Waals surface area contributed by atoms with Crippen LogP contribution in [0.4, 0.5) is 22.9 Å². The Balaban J connectivity index is 1.92. The van der Waals surface area contributed by atoms with E-state index in [0.29, 0.717) is 6.42 Å². The maximum Gasteiger partial charge on any atom is 0.247 e. The third kappa shape index (κ3) is 3.43. The van der Waals surface area contributed by atoms with Crippen LogP contribution in [0.25, 0.3) is 6.08 Å². The molecule has 29 heavy (non-hydrogen) atoms. The molecule has 0 radical (unpaired) electrons. The summed E-state index contributed by atoms with van der Waals surface area (Å²) in [4.78, 5) is 22.3. The highest BCUT2D eigenvalue weighted by molar-refractivity contribution is 6.09. The molecule has 0 spiro atoms. The molecule has 6 heteroatoms. The van der Waals surface area contributed by atoms with E-state index >= 15 is 0 Å². The van der Waals surface area contributed by atoms with E-state index in [1.165, 1.54) is 0 Å². The molecule has 1 aromatic carbocycles. The van der Waals surface area contributed by atoms with Gasteiger partial charge in [0.05, 0.1) is 11.4 Å². The van der Waals surface area contributed by atoms with Gasteiger partial charge in [0.1, 0.15) is 17.5 Å². The monoisotopic (exact) mass is 392 g/mol. The topological polar surface area (TPSA) is 68.7 Å². The Hall–Kier alpha value is -3.02. The number of benzene rings is 1. The first kappa shape index (κ1) is 19.3.